The minimum absolute atomic E-state index is 0.0236. The van der Waals surface area contributed by atoms with Crippen LogP contribution in [-0.2, 0) is 45.2 Å². The fourth-order valence-electron chi connectivity index (χ4n) is 7.68. The van der Waals surface area contributed by atoms with Crippen LogP contribution in [0.4, 0.5) is 9.59 Å². The Labute approximate surface area is 320 Å². The number of rotatable bonds is 7. The van der Waals surface area contributed by atoms with Crippen molar-refractivity contribution in [1.82, 2.24) is 25.2 Å². The molecule has 0 bridgehead atoms. The van der Waals surface area contributed by atoms with E-state index in [2.05, 4.69) is 15.4 Å². The van der Waals surface area contributed by atoms with Crippen LogP contribution < -0.4 is 15.4 Å². The van der Waals surface area contributed by atoms with Crippen molar-refractivity contribution < 1.29 is 46.6 Å². The third-order valence-corrected chi connectivity index (χ3v) is 13.0. The van der Waals surface area contributed by atoms with Crippen LogP contribution in [0.2, 0.25) is 0 Å². The first-order valence-corrected chi connectivity index (χ1v) is 20.9. The van der Waals surface area contributed by atoms with Gasteiger partial charge in [-0.25, -0.2) is 18.0 Å². The second kappa shape index (κ2) is 16.6. The molecule has 5 aliphatic rings. The molecule has 296 valence electrons. The van der Waals surface area contributed by atoms with Gasteiger partial charge < -0.3 is 34.6 Å². The predicted octanol–water partition coefficient (Wildman–Crippen LogP) is 3.27. The maximum Gasteiger partial charge on any atom is 0.410 e. The van der Waals surface area contributed by atoms with Crippen LogP contribution in [0.1, 0.15) is 69.8 Å². The van der Waals surface area contributed by atoms with E-state index < -0.39 is 68.7 Å². The van der Waals surface area contributed by atoms with Gasteiger partial charge in [-0.2, -0.15) is 0 Å². The molecule has 3 heterocycles. The van der Waals surface area contributed by atoms with Gasteiger partial charge in [-0.1, -0.05) is 67.5 Å². The minimum Gasteiger partial charge on any atom is -0.446 e. The summed E-state index contributed by atoms with van der Waals surface area (Å²) < 4.78 is 44.6. The van der Waals surface area contributed by atoms with Crippen LogP contribution in [0.5, 0.6) is 0 Å². The number of amides is 5. The SMILES string of the molecule is O=C(N[C@H]1CCCCC/C=C/C2C[C@]2(C(=O)NS(=O)(=O)C2CC2)NC(=O)[C@@H]2CN(C(=O)OCc3cccc4ccccc34)CCN2C1=O)OC1CCOCC1. The number of carbonyl (C=O) groups excluding carboxylic acids is 5. The van der Waals surface area contributed by atoms with Crippen LogP contribution >= 0.6 is 0 Å². The van der Waals surface area contributed by atoms with E-state index in [9.17, 15) is 32.4 Å². The van der Waals surface area contributed by atoms with Crippen LogP contribution in [0.15, 0.2) is 54.6 Å². The van der Waals surface area contributed by atoms with Crippen molar-refractivity contribution in [3.63, 3.8) is 0 Å². The lowest BCUT2D eigenvalue weighted by molar-refractivity contribution is -0.146. The molecule has 7 rings (SSSR count). The molecular formula is C39H49N5O10S. The summed E-state index contributed by atoms with van der Waals surface area (Å²) in [7, 11) is -3.92. The molecule has 55 heavy (non-hydrogen) atoms. The van der Waals surface area contributed by atoms with Crippen LogP contribution in [-0.4, -0.2) is 110 Å². The zero-order chi connectivity index (χ0) is 38.6. The number of nitrogens with one attached hydrogen (secondary N) is 3. The Kier molecular flexibility index (Phi) is 11.6. The summed E-state index contributed by atoms with van der Waals surface area (Å²) in [5.41, 5.74) is -0.761. The molecule has 5 amide bonds. The second-order valence-electron chi connectivity index (χ2n) is 15.1. The molecule has 0 aromatic heterocycles. The first kappa shape index (κ1) is 38.6. The smallest absolute Gasteiger partial charge is 0.410 e. The van der Waals surface area contributed by atoms with E-state index in [-0.39, 0.29) is 38.8 Å². The summed E-state index contributed by atoms with van der Waals surface area (Å²) in [5, 5.41) is 6.85. The molecular weight excluding hydrogens is 731 g/mol. The quantitative estimate of drug-likeness (QED) is 0.352. The molecule has 0 spiro atoms. The summed E-state index contributed by atoms with van der Waals surface area (Å²) in [6.07, 6.45) is 7.23. The van der Waals surface area contributed by atoms with Crippen LogP contribution in [0.25, 0.3) is 10.8 Å². The number of hydrogen-bond acceptors (Lipinski definition) is 10. The van der Waals surface area contributed by atoms with Crippen molar-refractivity contribution in [2.75, 3.05) is 32.8 Å². The summed E-state index contributed by atoms with van der Waals surface area (Å²) in [6, 6.07) is 11.1. The van der Waals surface area contributed by atoms with Crippen LogP contribution in [0.3, 0.4) is 0 Å². The molecule has 16 heteroatoms. The highest BCUT2D eigenvalue weighted by molar-refractivity contribution is 7.91. The highest BCUT2D eigenvalue weighted by Crippen LogP contribution is 2.46. The molecule has 0 radical (unpaired) electrons. The largest absolute Gasteiger partial charge is 0.446 e. The number of fused-ring (bicyclic) bond motifs is 3. The summed E-state index contributed by atoms with van der Waals surface area (Å²) >= 11 is 0. The van der Waals surface area contributed by atoms with Gasteiger partial charge in [0.1, 0.15) is 30.3 Å². The van der Waals surface area contributed by atoms with E-state index >= 15 is 0 Å². The molecule has 4 fully saturated rings. The van der Waals surface area contributed by atoms with Crippen molar-refractivity contribution >= 4 is 50.7 Å². The average Bonchev–Trinajstić information content (AvgIpc) is 4.12. The van der Waals surface area contributed by atoms with Gasteiger partial charge in [0.2, 0.25) is 21.8 Å². The first-order chi connectivity index (χ1) is 26.5. The number of sulfonamides is 1. The van der Waals surface area contributed by atoms with Gasteiger partial charge in [-0.3, -0.25) is 19.1 Å². The van der Waals surface area contributed by atoms with Gasteiger partial charge >= 0.3 is 12.2 Å². The zero-order valence-corrected chi connectivity index (χ0v) is 31.6. The number of piperazine rings is 1. The van der Waals surface area contributed by atoms with Crippen molar-refractivity contribution in [3.05, 3.63) is 60.2 Å². The van der Waals surface area contributed by atoms with Gasteiger partial charge in [-0.15, -0.1) is 0 Å². The summed E-state index contributed by atoms with van der Waals surface area (Å²) in [5.74, 6) is -2.56. The number of nitrogens with zero attached hydrogens (tertiary/aromatic N) is 2. The third-order valence-electron chi connectivity index (χ3n) is 11.2. The summed E-state index contributed by atoms with van der Waals surface area (Å²) in [4.78, 5) is 72.0. The fourth-order valence-corrected chi connectivity index (χ4v) is 9.04. The molecule has 3 N–H and O–H groups in total. The van der Waals surface area contributed by atoms with Crippen molar-refractivity contribution in [2.24, 2.45) is 5.92 Å². The number of carbonyl (C=O) groups is 5. The Morgan fingerprint density at radius 1 is 0.945 bits per heavy atom. The standard InChI is InChI=1S/C39H49N5O10S/c45-34-33-24-43(38(49)53-25-27-11-8-10-26-9-6-7-13-31(26)27)19-20-44(33)35(46)32(40-37(48)54-29-17-21-52-22-18-29)14-5-3-1-2-4-12-28-23-39(28,41-34)36(47)42-55(50,51)30-15-16-30/h4,6-13,28-30,32-33H,1-3,5,14-25H2,(H,40,48)(H,41,45)(H,42,47)/b12-4+/t28?,32-,33-,39-/m0/s1. The van der Waals surface area contributed by atoms with E-state index in [0.29, 0.717) is 58.2 Å². The Morgan fingerprint density at radius 2 is 1.73 bits per heavy atom. The molecule has 1 unspecified atom stereocenters. The number of benzene rings is 2. The average molecular weight is 780 g/mol. The third kappa shape index (κ3) is 9.07. The van der Waals surface area contributed by atoms with E-state index in [4.69, 9.17) is 14.2 Å². The molecule has 15 nitrogen and oxygen atoms in total. The summed E-state index contributed by atoms with van der Waals surface area (Å²) in [6.45, 7) is 0.625. The normalized spacial score (nSPS) is 27.3. The Morgan fingerprint density at radius 3 is 2.53 bits per heavy atom. The van der Waals surface area contributed by atoms with Gasteiger partial charge in [-0.05, 0) is 54.9 Å². The van der Waals surface area contributed by atoms with Gasteiger partial charge in [0, 0.05) is 31.8 Å². The lowest BCUT2D eigenvalue weighted by atomic mass is 10.0. The van der Waals surface area contributed by atoms with E-state index in [0.717, 1.165) is 29.2 Å². The van der Waals surface area contributed by atoms with E-state index in [1.807, 2.05) is 54.6 Å². The fraction of sp³-hybridized carbons (Fsp3) is 0.564. The molecule has 4 atom stereocenters. The van der Waals surface area contributed by atoms with Crippen molar-refractivity contribution in [3.8, 4) is 0 Å². The lowest BCUT2D eigenvalue weighted by Crippen LogP contribution is -2.66. The minimum atomic E-state index is -3.92. The van der Waals surface area contributed by atoms with Crippen molar-refractivity contribution in [1.29, 1.82) is 0 Å². The van der Waals surface area contributed by atoms with Gasteiger partial charge in [0.15, 0.2) is 0 Å². The zero-order valence-electron chi connectivity index (χ0n) is 30.8. The number of hydrogen-bond donors (Lipinski definition) is 3. The van der Waals surface area contributed by atoms with Crippen molar-refractivity contribution in [2.45, 2.75) is 99.8 Å². The molecule has 2 saturated carbocycles. The highest BCUT2D eigenvalue weighted by Gasteiger charge is 2.62. The second-order valence-corrected chi connectivity index (χ2v) is 17.1. The van der Waals surface area contributed by atoms with Crippen LogP contribution in [0, 0.1) is 5.92 Å². The topological polar surface area (TPSA) is 190 Å². The Hall–Kier alpha value is -4.70. The number of allylic oxidation sites excluding steroid dienone is 1. The molecule has 2 aromatic rings. The monoisotopic (exact) mass is 779 g/mol. The Bertz CT molecular complexity index is 1920. The van der Waals surface area contributed by atoms with Gasteiger partial charge in [0.25, 0.3) is 5.91 Å². The maximum absolute atomic E-state index is 14.4. The molecule has 2 aromatic carbocycles. The Balaban J connectivity index is 1.13. The molecule has 2 saturated heterocycles. The number of alkyl carbamates (subject to hydrolysis) is 1. The van der Waals surface area contributed by atoms with E-state index in [1.54, 1.807) is 0 Å². The van der Waals surface area contributed by atoms with Gasteiger partial charge in [0.05, 0.1) is 25.0 Å². The number of ether oxygens (including phenoxy) is 3. The van der Waals surface area contributed by atoms with E-state index in [1.165, 1.54) is 9.80 Å². The first-order valence-electron chi connectivity index (χ1n) is 19.3. The highest BCUT2D eigenvalue weighted by atomic mass is 32.2. The molecule has 2 aliphatic carbocycles. The molecule has 3 aliphatic heterocycles. The lowest BCUT2D eigenvalue weighted by Gasteiger charge is -2.41. The maximum atomic E-state index is 14.4. The predicted molar refractivity (Wildman–Crippen MR) is 200 cm³/mol.